The zero-order valence-electron chi connectivity index (χ0n) is 13.5. The largest absolute Gasteiger partial charge is 0.351 e. The fourth-order valence-corrected chi connectivity index (χ4v) is 3.19. The first-order valence-corrected chi connectivity index (χ1v) is 8.16. The lowest BCUT2D eigenvalue weighted by molar-refractivity contribution is -0.128. The molecule has 7 nitrogen and oxygen atoms in total. The van der Waals surface area contributed by atoms with E-state index in [1.54, 1.807) is 35.3 Å². The lowest BCUT2D eigenvalue weighted by atomic mass is 9.80. The topological polar surface area (TPSA) is 88.4 Å². The maximum atomic E-state index is 12.8. The summed E-state index contributed by atoms with van der Waals surface area (Å²) in [7, 11) is 0. The lowest BCUT2D eigenvalue weighted by Gasteiger charge is -2.36. The van der Waals surface area contributed by atoms with Gasteiger partial charge < -0.3 is 15.0 Å². The minimum Gasteiger partial charge on any atom is -0.351 e. The second-order valence-electron chi connectivity index (χ2n) is 6.03. The molecule has 1 fully saturated rings. The zero-order valence-corrected chi connectivity index (χ0v) is 13.5. The molecule has 7 heteroatoms. The van der Waals surface area contributed by atoms with Crippen molar-refractivity contribution in [3.05, 3.63) is 43.1 Å². The Morgan fingerprint density at radius 2 is 1.92 bits per heavy atom. The van der Waals surface area contributed by atoms with Crippen LogP contribution in [0.5, 0.6) is 0 Å². The summed E-state index contributed by atoms with van der Waals surface area (Å²) >= 11 is 0. The molecule has 2 N–H and O–H groups in total. The number of rotatable bonds is 5. The molecule has 2 amide bonds. The molecule has 0 atom stereocenters. The summed E-state index contributed by atoms with van der Waals surface area (Å²) in [5.74, 6) is -0.534. The molecule has 2 aromatic rings. The van der Waals surface area contributed by atoms with Crippen LogP contribution in [0.15, 0.2) is 37.4 Å². The standard InChI is InChI=1S/C17H21N5O2/c1-2-8-20-16(24)17(6-4-3-5-7-17)21-15(23)13-14-19-10-12-22(14)11-9-18-13/h2,9-12H,1,3-8H2,(H,20,24)(H,21,23). The summed E-state index contributed by atoms with van der Waals surface area (Å²) in [6.07, 6.45) is 12.4. The minimum absolute atomic E-state index is 0.161. The summed E-state index contributed by atoms with van der Waals surface area (Å²) in [5.41, 5.74) is -0.184. The Kier molecular flexibility index (Phi) is 4.59. The number of hydrogen-bond acceptors (Lipinski definition) is 4. The van der Waals surface area contributed by atoms with Crippen molar-refractivity contribution in [1.82, 2.24) is 25.0 Å². The van der Waals surface area contributed by atoms with E-state index in [1.807, 2.05) is 0 Å². The van der Waals surface area contributed by atoms with Crippen molar-refractivity contribution in [2.24, 2.45) is 0 Å². The monoisotopic (exact) mass is 327 g/mol. The van der Waals surface area contributed by atoms with E-state index in [2.05, 4.69) is 27.2 Å². The number of hydrogen-bond donors (Lipinski definition) is 2. The Morgan fingerprint density at radius 3 is 2.62 bits per heavy atom. The van der Waals surface area contributed by atoms with Crippen LogP contribution in [0.1, 0.15) is 42.6 Å². The molecule has 0 unspecified atom stereocenters. The normalized spacial score (nSPS) is 16.5. The summed E-state index contributed by atoms with van der Waals surface area (Å²) in [6.45, 7) is 3.99. The number of imidazole rings is 1. The Bertz CT molecular complexity index is 761. The number of nitrogens with zero attached hydrogens (tertiary/aromatic N) is 3. The Hall–Kier alpha value is -2.70. The van der Waals surface area contributed by atoms with Gasteiger partial charge >= 0.3 is 0 Å². The molecule has 0 spiro atoms. The van der Waals surface area contributed by atoms with Gasteiger partial charge in [0, 0.05) is 31.3 Å². The third-order valence-electron chi connectivity index (χ3n) is 4.43. The highest BCUT2D eigenvalue weighted by Crippen LogP contribution is 2.29. The molecule has 3 rings (SSSR count). The molecule has 0 radical (unpaired) electrons. The van der Waals surface area contributed by atoms with Gasteiger partial charge in [0.05, 0.1) is 0 Å². The maximum absolute atomic E-state index is 12.8. The molecule has 0 aliphatic heterocycles. The van der Waals surface area contributed by atoms with Crippen LogP contribution < -0.4 is 10.6 Å². The highest BCUT2D eigenvalue weighted by Gasteiger charge is 2.41. The van der Waals surface area contributed by atoms with E-state index >= 15 is 0 Å². The van der Waals surface area contributed by atoms with Crippen molar-refractivity contribution in [3.8, 4) is 0 Å². The third kappa shape index (κ3) is 3.02. The van der Waals surface area contributed by atoms with Crippen LogP contribution in [0, 0.1) is 0 Å². The maximum Gasteiger partial charge on any atom is 0.274 e. The number of carbonyl (C=O) groups is 2. The van der Waals surface area contributed by atoms with Gasteiger partial charge in [-0.3, -0.25) is 9.59 Å². The Balaban J connectivity index is 1.86. The first kappa shape index (κ1) is 16.2. The van der Waals surface area contributed by atoms with Crippen LogP contribution in [0.2, 0.25) is 0 Å². The van der Waals surface area contributed by atoms with Gasteiger partial charge in [0.15, 0.2) is 11.3 Å². The van der Waals surface area contributed by atoms with Gasteiger partial charge in [0.25, 0.3) is 5.91 Å². The van der Waals surface area contributed by atoms with Gasteiger partial charge in [-0.15, -0.1) is 6.58 Å². The summed E-state index contributed by atoms with van der Waals surface area (Å²) in [4.78, 5) is 33.8. The van der Waals surface area contributed by atoms with Crippen LogP contribution in [0.4, 0.5) is 0 Å². The van der Waals surface area contributed by atoms with Crippen molar-refractivity contribution >= 4 is 17.5 Å². The number of carbonyl (C=O) groups excluding carboxylic acids is 2. The molecule has 1 aliphatic carbocycles. The molecule has 2 aromatic heterocycles. The van der Waals surface area contributed by atoms with Crippen LogP contribution >= 0.6 is 0 Å². The second-order valence-corrected chi connectivity index (χ2v) is 6.03. The van der Waals surface area contributed by atoms with E-state index in [9.17, 15) is 9.59 Å². The highest BCUT2D eigenvalue weighted by molar-refractivity contribution is 6.01. The summed E-state index contributed by atoms with van der Waals surface area (Å²) < 4.78 is 1.73. The lowest BCUT2D eigenvalue weighted by Crippen LogP contribution is -2.59. The molecular formula is C17H21N5O2. The average molecular weight is 327 g/mol. The van der Waals surface area contributed by atoms with Crippen molar-refractivity contribution in [3.63, 3.8) is 0 Å². The Morgan fingerprint density at radius 1 is 1.21 bits per heavy atom. The van der Waals surface area contributed by atoms with Gasteiger partial charge in [-0.25, -0.2) is 9.97 Å². The number of fused-ring (bicyclic) bond motifs is 1. The number of aromatic nitrogens is 3. The van der Waals surface area contributed by atoms with Gasteiger partial charge in [0.1, 0.15) is 5.54 Å². The smallest absolute Gasteiger partial charge is 0.274 e. The van der Waals surface area contributed by atoms with Crippen LogP contribution in [-0.4, -0.2) is 38.3 Å². The van der Waals surface area contributed by atoms with Gasteiger partial charge in [-0.2, -0.15) is 0 Å². The molecule has 1 aliphatic rings. The quantitative estimate of drug-likeness (QED) is 0.814. The molecule has 1 saturated carbocycles. The van der Waals surface area contributed by atoms with Crippen LogP contribution in [0.3, 0.4) is 0 Å². The molecule has 0 saturated heterocycles. The molecule has 24 heavy (non-hydrogen) atoms. The molecule has 2 heterocycles. The summed E-state index contributed by atoms with van der Waals surface area (Å²) in [6, 6.07) is 0. The van der Waals surface area contributed by atoms with Gasteiger partial charge in [-0.05, 0) is 12.8 Å². The zero-order chi connectivity index (χ0) is 17.0. The predicted octanol–water partition coefficient (Wildman–Crippen LogP) is 1.46. The SMILES string of the molecule is C=CCNC(=O)C1(NC(=O)c2nccn3ccnc23)CCCCC1. The van der Waals surface area contributed by atoms with Crippen LogP contribution in [0.25, 0.3) is 5.65 Å². The number of amides is 2. The van der Waals surface area contributed by atoms with Crippen molar-refractivity contribution in [2.75, 3.05) is 6.54 Å². The van der Waals surface area contributed by atoms with E-state index in [4.69, 9.17) is 0 Å². The number of nitrogens with one attached hydrogen (secondary N) is 2. The van der Waals surface area contributed by atoms with Crippen molar-refractivity contribution in [1.29, 1.82) is 0 Å². The predicted molar refractivity (Wildman–Crippen MR) is 89.5 cm³/mol. The van der Waals surface area contributed by atoms with E-state index in [1.165, 1.54) is 0 Å². The highest BCUT2D eigenvalue weighted by atomic mass is 16.2. The van der Waals surface area contributed by atoms with E-state index in [0.717, 1.165) is 19.3 Å². The first-order valence-electron chi connectivity index (χ1n) is 8.16. The van der Waals surface area contributed by atoms with Crippen molar-refractivity contribution in [2.45, 2.75) is 37.6 Å². The molecule has 126 valence electrons. The van der Waals surface area contributed by atoms with E-state index < -0.39 is 5.54 Å². The minimum atomic E-state index is -0.889. The first-order chi connectivity index (χ1) is 11.7. The van der Waals surface area contributed by atoms with E-state index in [0.29, 0.717) is 25.0 Å². The van der Waals surface area contributed by atoms with Gasteiger partial charge in [0.2, 0.25) is 5.91 Å². The summed E-state index contributed by atoms with van der Waals surface area (Å²) in [5, 5.41) is 5.76. The van der Waals surface area contributed by atoms with Gasteiger partial charge in [-0.1, -0.05) is 25.3 Å². The second kappa shape index (κ2) is 6.82. The molecular weight excluding hydrogens is 306 g/mol. The fourth-order valence-electron chi connectivity index (χ4n) is 3.19. The molecule has 0 aromatic carbocycles. The fraction of sp³-hybridized carbons (Fsp3) is 0.412. The Labute approximate surface area is 140 Å². The van der Waals surface area contributed by atoms with Crippen molar-refractivity contribution < 1.29 is 9.59 Å². The average Bonchev–Trinajstić information content (AvgIpc) is 3.09. The molecule has 0 bridgehead atoms. The third-order valence-corrected chi connectivity index (χ3v) is 4.43. The van der Waals surface area contributed by atoms with Crippen LogP contribution in [-0.2, 0) is 4.79 Å². The van der Waals surface area contributed by atoms with E-state index in [-0.39, 0.29) is 17.5 Å².